The highest BCUT2D eigenvalue weighted by atomic mass is 32.2. The molecule has 0 saturated heterocycles. The minimum Gasteiger partial charge on any atom is -0.497 e. The number of sulfone groups is 1. The Balaban J connectivity index is 1.59. The van der Waals surface area contributed by atoms with Gasteiger partial charge in [0.2, 0.25) is 0 Å². The summed E-state index contributed by atoms with van der Waals surface area (Å²) in [6, 6.07) is 14.7. The predicted octanol–water partition coefficient (Wildman–Crippen LogP) is 2.83. The Hall–Kier alpha value is -4.65. The molecule has 0 atom stereocenters. The lowest BCUT2D eigenvalue weighted by atomic mass is 10.2. The molecule has 2 N–H and O–H groups in total. The molecular weight excluding hydrogens is 500 g/mol. The Morgan fingerprint density at radius 1 is 1.08 bits per heavy atom. The van der Waals surface area contributed by atoms with Gasteiger partial charge in [0.15, 0.2) is 14.9 Å². The molecule has 192 valence electrons. The van der Waals surface area contributed by atoms with Crippen LogP contribution in [0.25, 0.3) is 11.4 Å². The minimum atomic E-state index is -3.67. The van der Waals surface area contributed by atoms with Crippen molar-refractivity contribution >= 4 is 27.5 Å². The summed E-state index contributed by atoms with van der Waals surface area (Å²) in [6.45, 7) is 0.0961. The first-order valence-corrected chi connectivity index (χ1v) is 12.8. The molecule has 4 rings (SSSR count). The van der Waals surface area contributed by atoms with Crippen LogP contribution in [0.3, 0.4) is 0 Å². The number of carbonyl (C=O) groups is 2. The highest BCUT2D eigenvalue weighted by Crippen LogP contribution is 2.21. The molecule has 0 bridgehead atoms. The number of ether oxygens (including phenoxy) is 1. The van der Waals surface area contributed by atoms with Gasteiger partial charge in [-0.25, -0.2) is 22.9 Å². The van der Waals surface area contributed by atoms with Crippen LogP contribution in [0, 0.1) is 0 Å². The minimum absolute atomic E-state index is 0.0308. The highest BCUT2D eigenvalue weighted by molar-refractivity contribution is 7.90. The first-order chi connectivity index (χ1) is 17.6. The number of nitrogens with zero attached hydrogens (tertiary/aromatic N) is 5. The van der Waals surface area contributed by atoms with Crippen LogP contribution in [-0.2, 0) is 16.4 Å². The normalized spacial score (nSPS) is 11.2. The Morgan fingerprint density at radius 2 is 1.73 bits per heavy atom. The fourth-order valence-corrected chi connectivity index (χ4v) is 4.04. The molecule has 0 spiro atoms. The highest BCUT2D eigenvalue weighted by Gasteiger charge is 2.22. The van der Waals surface area contributed by atoms with Crippen LogP contribution in [0.2, 0.25) is 0 Å². The molecule has 0 unspecified atom stereocenters. The monoisotopic (exact) mass is 524 g/mol. The molecule has 0 radical (unpaired) electrons. The fraction of sp³-hybridized carbons (Fsp3) is 0.167. The molecule has 0 fully saturated rings. The van der Waals surface area contributed by atoms with Crippen LogP contribution in [0.5, 0.6) is 5.75 Å². The third kappa shape index (κ3) is 5.62. The largest absolute Gasteiger partial charge is 0.497 e. The molecule has 13 heteroatoms. The van der Waals surface area contributed by atoms with Crippen molar-refractivity contribution in [1.29, 1.82) is 0 Å². The third-order valence-corrected chi connectivity index (χ3v) is 6.40. The summed E-state index contributed by atoms with van der Waals surface area (Å²) in [4.78, 5) is 29.6. The van der Waals surface area contributed by atoms with E-state index in [0.29, 0.717) is 28.6 Å². The number of hydrogen-bond acceptors (Lipinski definition) is 7. The van der Waals surface area contributed by atoms with E-state index in [-0.39, 0.29) is 17.3 Å². The van der Waals surface area contributed by atoms with Gasteiger partial charge >= 0.3 is 6.09 Å². The van der Waals surface area contributed by atoms with Gasteiger partial charge in [-0.1, -0.05) is 0 Å². The molecule has 4 aromatic rings. The maximum absolute atomic E-state index is 13.2. The van der Waals surface area contributed by atoms with E-state index in [1.807, 2.05) is 0 Å². The summed E-state index contributed by atoms with van der Waals surface area (Å²) >= 11 is 0. The van der Waals surface area contributed by atoms with Crippen molar-refractivity contribution < 1.29 is 27.9 Å². The van der Waals surface area contributed by atoms with Gasteiger partial charge < -0.3 is 24.6 Å². The number of methoxy groups -OCH3 is 1. The van der Waals surface area contributed by atoms with E-state index in [0.717, 1.165) is 11.2 Å². The summed E-state index contributed by atoms with van der Waals surface area (Å²) in [5.74, 6) is 0.566. The van der Waals surface area contributed by atoms with Crippen molar-refractivity contribution in [2.24, 2.45) is 0 Å². The van der Waals surface area contributed by atoms with Crippen molar-refractivity contribution in [3.63, 3.8) is 0 Å². The standard InChI is InChI=1S/C24H24N6O6S/c1-28(24(32)33)15-21-25-12-13-29(21)17-6-4-16(5-7-17)26-23(31)20-14-22(37(3,34)35)27-30(20)18-8-10-19(36-2)11-9-18/h4-14H,15H2,1-3H3,(H,26,31)(H,32,33). The quantitative estimate of drug-likeness (QED) is 0.357. The predicted molar refractivity (Wildman–Crippen MR) is 134 cm³/mol. The summed E-state index contributed by atoms with van der Waals surface area (Å²) in [5.41, 5.74) is 1.69. The maximum Gasteiger partial charge on any atom is 0.407 e. The smallest absolute Gasteiger partial charge is 0.407 e. The number of aromatic nitrogens is 4. The van der Waals surface area contributed by atoms with Crippen LogP contribution in [-0.4, -0.2) is 70.2 Å². The van der Waals surface area contributed by atoms with Crippen LogP contribution in [0.15, 0.2) is 72.0 Å². The lowest BCUT2D eigenvalue weighted by Crippen LogP contribution is -2.25. The molecule has 0 aliphatic heterocycles. The van der Waals surface area contributed by atoms with E-state index < -0.39 is 21.8 Å². The maximum atomic E-state index is 13.2. The molecule has 0 aliphatic carbocycles. The topological polar surface area (TPSA) is 149 Å². The summed E-state index contributed by atoms with van der Waals surface area (Å²) < 4.78 is 32.4. The van der Waals surface area contributed by atoms with Gasteiger partial charge in [0.05, 0.1) is 19.3 Å². The van der Waals surface area contributed by atoms with Crippen molar-refractivity contribution in [2.45, 2.75) is 11.6 Å². The number of benzene rings is 2. The summed E-state index contributed by atoms with van der Waals surface area (Å²) in [7, 11) is -0.691. The molecule has 2 heterocycles. The number of nitrogens with one attached hydrogen (secondary N) is 1. The zero-order valence-electron chi connectivity index (χ0n) is 20.2. The molecular formula is C24H24N6O6S. The van der Waals surface area contributed by atoms with E-state index in [2.05, 4.69) is 15.4 Å². The second kappa shape index (κ2) is 10.1. The molecule has 12 nitrogen and oxygen atoms in total. The summed E-state index contributed by atoms with van der Waals surface area (Å²) in [6.07, 6.45) is 3.23. The van der Waals surface area contributed by atoms with Gasteiger partial charge in [0.25, 0.3) is 5.91 Å². The van der Waals surface area contributed by atoms with Crippen LogP contribution in [0.1, 0.15) is 16.3 Å². The van der Waals surface area contributed by atoms with Crippen molar-refractivity contribution in [3.8, 4) is 17.1 Å². The van der Waals surface area contributed by atoms with Crippen molar-refractivity contribution in [3.05, 3.63) is 78.5 Å². The zero-order chi connectivity index (χ0) is 26.7. The summed E-state index contributed by atoms with van der Waals surface area (Å²) in [5, 5.41) is 15.8. The number of imidazole rings is 1. The number of rotatable bonds is 8. The Bertz CT molecular complexity index is 1540. The number of anilines is 1. The van der Waals surface area contributed by atoms with Crippen molar-refractivity contribution in [1.82, 2.24) is 24.2 Å². The van der Waals surface area contributed by atoms with Gasteiger partial charge in [0.1, 0.15) is 17.3 Å². The average Bonchev–Trinajstić information content (AvgIpc) is 3.52. The molecule has 0 saturated carbocycles. The number of carboxylic acid groups (broad SMARTS) is 1. The fourth-order valence-electron chi connectivity index (χ4n) is 3.49. The molecule has 37 heavy (non-hydrogen) atoms. The zero-order valence-corrected chi connectivity index (χ0v) is 21.0. The van der Waals surface area contributed by atoms with Crippen LogP contribution in [0.4, 0.5) is 10.5 Å². The van der Waals surface area contributed by atoms with Crippen LogP contribution >= 0.6 is 0 Å². The lowest BCUT2D eigenvalue weighted by Gasteiger charge is -2.14. The van der Waals surface area contributed by atoms with E-state index in [1.54, 1.807) is 65.5 Å². The van der Waals surface area contributed by atoms with Gasteiger partial charge in [-0.2, -0.15) is 5.10 Å². The first-order valence-electron chi connectivity index (χ1n) is 10.9. The second-order valence-corrected chi connectivity index (χ2v) is 10.1. The average molecular weight is 525 g/mol. The molecule has 0 aliphatic rings. The van der Waals surface area contributed by atoms with Gasteiger partial charge in [-0.3, -0.25) is 4.79 Å². The molecule has 2 aromatic carbocycles. The first kappa shape index (κ1) is 25.4. The van der Waals surface area contributed by atoms with E-state index in [4.69, 9.17) is 9.84 Å². The van der Waals surface area contributed by atoms with Crippen molar-refractivity contribution in [2.75, 3.05) is 25.7 Å². The molecule has 2 aromatic heterocycles. The Kier molecular flexibility index (Phi) is 6.98. The van der Waals surface area contributed by atoms with Gasteiger partial charge in [-0.05, 0) is 48.5 Å². The lowest BCUT2D eigenvalue weighted by molar-refractivity contribution is 0.101. The van der Waals surface area contributed by atoms with Crippen LogP contribution < -0.4 is 10.1 Å². The van der Waals surface area contributed by atoms with Gasteiger partial charge in [0, 0.05) is 43.1 Å². The Labute approximate surface area is 212 Å². The van der Waals surface area contributed by atoms with E-state index >= 15 is 0 Å². The van der Waals surface area contributed by atoms with E-state index in [1.165, 1.54) is 24.9 Å². The number of carbonyl (C=O) groups excluding carboxylic acids is 1. The van der Waals surface area contributed by atoms with E-state index in [9.17, 15) is 18.0 Å². The Morgan fingerprint density at radius 3 is 2.32 bits per heavy atom. The number of hydrogen-bond donors (Lipinski definition) is 2. The molecule has 2 amide bonds. The second-order valence-electron chi connectivity index (χ2n) is 8.10. The van der Waals surface area contributed by atoms with Gasteiger partial charge in [-0.15, -0.1) is 0 Å². The SMILES string of the molecule is COc1ccc(-n2nc(S(C)(=O)=O)cc2C(=O)Nc2ccc(-n3ccnc3CN(C)C(=O)O)cc2)cc1. The number of amides is 2. The third-order valence-electron chi connectivity index (χ3n) is 5.44.